The van der Waals surface area contributed by atoms with Gasteiger partial charge in [0.15, 0.2) is 0 Å². The highest BCUT2D eigenvalue weighted by Crippen LogP contribution is 2.11. The minimum absolute atomic E-state index is 0.126. The highest BCUT2D eigenvalue weighted by Gasteiger charge is 2.15. The quantitative estimate of drug-likeness (QED) is 0.0997. The Morgan fingerprint density at radius 2 is 0.909 bits per heavy atom. The first-order valence-electron chi connectivity index (χ1n) is 14.6. The third-order valence-corrected chi connectivity index (χ3v) is 6.47. The number of amides is 1. The molecule has 0 saturated carbocycles. The fraction of sp³-hybridized carbons (Fsp3) is 0.931. The zero-order chi connectivity index (χ0) is 24.4. The maximum Gasteiger partial charge on any atom is 0.306 e. The second kappa shape index (κ2) is 25.6. The van der Waals surface area contributed by atoms with Gasteiger partial charge in [0.1, 0.15) is 0 Å². The molecule has 0 unspecified atom stereocenters. The Balaban J connectivity index is 3.98. The monoisotopic (exact) mass is 467 g/mol. The number of carbonyl (C=O) groups excluding carboxylic acids is 2. The van der Waals surface area contributed by atoms with Crippen molar-refractivity contribution in [3.63, 3.8) is 0 Å². The van der Waals surface area contributed by atoms with E-state index in [2.05, 4.69) is 20.8 Å². The largest absolute Gasteiger partial charge is 0.466 e. The van der Waals surface area contributed by atoms with Gasteiger partial charge < -0.3 is 9.64 Å². The molecule has 0 fully saturated rings. The Morgan fingerprint density at radius 1 is 0.515 bits per heavy atom. The van der Waals surface area contributed by atoms with Crippen molar-refractivity contribution in [1.82, 2.24) is 4.90 Å². The fourth-order valence-corrected chi connectivity index (χ4v) is 4.21. The van der Waals surface area contributed by atoms with E-state index >= 15 is 0 Å². The maximum atomic E-state index is 12.7. The van der Waals surface area contributed by atoms with Gasteiger partial charge in [0, 0.05) is 19.5 Å². The van der Waals surface area contributed by atoms with Gasteiger partial charge in [-0.25, -0.2) is 0 Å². The van der Waals surface area contributed by atoms with Crippen LogP contribution in [-0.2, 0) is 14.3 Å². The van der Waals surface area contributed by atoms with E-state index in [-0.39, 0.29) is 18.3 Å². The van der Waals surface area contributed by atoms with Crippen LogP contribution in [0.1, 0.15) is 156 Å². The molecule has 0 aromatic carbocycles. The summed E-state index contributed by atoms with van der Waals surface area (Å²) in [5.74, 6) is -0.0882. The molecule has 0 N–H and O–H groups in total. The molecule has 0 rings (SSSR count). The van der Waals surface area contributed by atoms with Gasteiger partial charge in [-0.05, 0) is 19.3 Å². The Hall–Kier alpha value is -1.06. The topological polar surface area (TPSA) is 46.6 Å². The number of unbranched alkanes of at least 4 members (excludes halogenated alkanes) is 16. The lowest BCUT2D eigenvalue weighted by atomic mass is 10.1. The van der Waals surface area contributed by atoms with E-state index in [4.69, 9.17) is 4.74 Å². The summed E-state index contributed by atoms with van der Waals surface area (Å²) >= 11 is 0. The van der Waals surface area contributed by atoms with Gasteiger partial charge in [-0.2, -0.15) is 0 Å². The van der Waals surface area contributed by atoms with E-state index < -0.39 is 0 Å². The van der Waals surface area contributed by atoms with Crippen LogP contribution in [0, 0.1) is 0 Å². The van der Waals surface area contributed by atoms with Crippen molar-refractivity contribution in [3.05, 3.63) is 0 Å². The number of esters is 1. The number of nitrogens with zero attached hydrogens (tertiary/aromatic N) is 1. The first kappa shape index (κ1) is 31.9. The smallest absolute Gasteiger partial charge is 0.306 e. The summed E-state index contributed by atoms with van der Waals surface area (Å²) in [5, 5.41) is 0. The fourth-order valence-electron chi connectivity index (χ4n) is 4.21. The third-order valence-electron chi connectivity index (χ3n) is 6.47. The highest BCUT2D eigenvalue weighted by atomic mass is 16.5. The highest BCUT2D eigenvalue weighted by molar-refractivity contribution is 5.81. The Labute approximate surface area is 206 Å². The van der Waals surface area contributed by atoms with Crippen molar-refractivity contribution in [3.8, 4) is 0 Å². The number of rotatable bonds is 25. The van der Waals surface area contributed by atoms with Gasteiger partial charge in [0.2, 0.25) is 5.91 Å². The lowest BCUT2D eigenvalue weighted by molar-refractivity contribution is -0.146. The van der Waals surface area contributed by atoms with Crippen molar-refractivity contribution in [2.45, 2.75) is 156 Å². The molecule has 0 aromatic rings. The summed E-state index contributed by atoms with van der Waals surface area (Å²) < 4.78 is 5.37. The summed E-state index contributed by atoms with van der Waals surface area (Å²) in [6.07, 6.45) is 23.8. The average molecular weight is 468 g/mol. The second-order valence-electron chi connectivity index (χ2n) is 9.76. The Kier molecular flexibility index (Phi) is 24.7. The summed E-state index contributed by atoms with van der Waals surface area (Å²) in [5.41, 5.74) is 0. The molecule has 196 valence electrons. The van der Waals surface area contributed by atoms with Crippen LogP contribution in [0.5, 0.6) is 0 Å². The lowest BCUT2D eigenvalue weighted by Gasteiger charge is -2.23. The van der Waals surface area contributed by atoms with E-state index in [1.807, 2.05) is 4.90 Å². The van der Waals surface area contributed by atoms with Gasteiger partial charge >= 0.3 is 5.97 Å². The maximum absolute atomic E-state index is 12.7. The summed E-state index contributed by atoms with van der Waals surface area (Å²) in [6.45, 7) is 8.87. The molecular formula is C29H57NO3. The number of hydrogen-bond acceptors (Lipinski definition) is 3. The van der Waals surface area contributed by atoms with E-state index in [9.17, 15) is 9.59 Å². The molecule has 0 atom stereocenters. The van der Waals surface area contributed by atoms with Crippen molar-refractivity contribution in [2.24, 2.45) is 0 Å². The normalized spacial score (nSPS) is 11.0. The van der Waals surface area contributed by atoms with Gasteiger partial charge in [-0.1, -0.05) is 124 Å². The standard InChI is InChI=1S/C29H57NO3/c1-4-7-10-13-14-15-16-19-22-27-33-29(32)24-23-28(31)30(25-20-17-11-8-5-2)26-21-18-12-9-6-3/h4-27H2,1-3H3. The van der Waals surface area contributed by atoms with Crippen LogP contribution in [-0.4, -0.2) is 36.5 Å². The van der Waals surface area contributed by atoms with Crippen molar-refractivity contribution >= 4 is 11.9 Å². The van der Waals surface area contributed by atoms with E-state index in [0.717, 1.165) is 38.8 Å². The van der Waals surface area contributed by atoms with Gasteiger partial charge in [0.05, 0.1) is 13.0 Å². The minimum atomic E-state index is -0.214. The van der Waals surface area contributed by atoms with Gasteiger partial charge in [-0.3, -0.25) is 9.59 Å². The third kappa shape index (κ3) is 22.5. The van der Waals surface area contributed by atoms with Gasteiger partial charge in [0.25, 0.3) is 0 Å². The van der Waals surface area contributed by atoms with Crippen LogP contribution < -0.4 is 0 Å². The number of carbonyl (C=O) groups is 2. The van der Waals surface area contributed by atoms with Crippen LogP contribution in [0.15, 0.2) is 0 Å². The molecule has 0 saturated heterocycles. The molecule has 0 aliphatic heterocycles. The molecule has 4 nitrogen and oxygen atoms in total. The predicted molar refractivity (Wildman–Crippen MR) is 142 cm³/mol. The number of ether oxygens (including phenoxy) is 1. The molecule has 1 amide bonds. The van der Waals surface area contributed by atoms with E-state index in [1.165, 1.54) is 96.3 Å². The van der Waals surface area contributed by atoms with Crippen molar-refractivity contribution in [1.29, 1.82) is 0 Å². The Morgan fingerprint density at radius 3 is 1.36 bits per heavy atom. The zero-order valence-corrected chi connectivity index (χ0v) is 22.6. The zero-order valence-electron chi connectivity index (χ0n) is 22.6. The van der Waals surface area contributed by atoms with E-state index in [1.54, 1.807) is 0 Å². The molecule has 33 heavy (non-hydrogen) atoms. The molecule has 0 spiro atoms. The minimum Gasteiger partial charge on any atom is -0.466 e. The molecular weight excluding hydrogens is 410 g/mol. The van der Waals surface area contributed by atoms with Crippen LogP contribution >= 0.6 is 0 Å². The summed E-state index contributed by atoms with van der Waals surface area (Å²) in [6, 6.07) is 0. The molecule has 0 bridgehead atoms. The van der Waals surface area contributed by atoms with Crippen molar-refractivity contribution < 1.29 is 14.3 Å². The van der Waals surface area contributed by atoms with Gasteiger partial charge in [-0.15, -0.1) is 0 Å². The lowest BCUT2D eigenvalue weighted by Crippen LogP contribution is -2.33. The molecule has 0 aliphatic rings. The molecule has 4 heteroatoms. The first-order valence-corrected chi connectivity index (χ1v) is 14.6. The first-order chi connectivity index (χ1) is 16.2. The van der Waals surface area contributed by atoms with E-state index in [0.29, 0.717) is 13.0 Å². The van der Waals surface area contributed by atoms with Crippen molar-refractivity contribution in [2.75, 3.05) is 19.7 Å². The predicted octanol–water partition coefficient (Wildman–Crippen LogP) is 8.61. The van der Waals surface area contributed by atoms with Crippen LogP contribution in [0.25, 0.3) is 0 Å². The van der Waals surface area contributed by atoms with Crippen LogP contribution in [0.2, 0.25) is 0 Å². The molecule has 0 radical (unpaired) electrons. The summed E-state index contributed by atoms with van der Waals surface area (Å²) in [7, 11) is 0. The molecule has 0 aliphatic carbocycles. The number of hydrogen-bond donors (Lipinski definition) is 0. The second-order valence-corrected chi connectivity index (χ2v) is 9.76. The Bertz CT molecular complexity index is 425. The molecule has 0 aromatic heterocycles. The summed E-state index contributed by atoms with van der Waals surface area (Å²) in [4.78, 5) is 26.8. The van der Waals surface area contributed by atoms with Crippen LogP contribution in [0.3, 0.4) is 0 Å². The SMILES string of the molecule is CCCCCCCCCCCOC(=O)CCC(=O)N(CCCCCCC)CCCCCCC. The average Bonchev–Trinajstić information content (AvgIpc) is 2.82. The molecule has 0 heterocycles. The van der Waals surface area contributed by atoms with Crippen LogP contribution in [0.4, 0.5) is 0 Å².